The van der Waals surface area contributed by atoms with Gasteiger partial charge in [0.15, 0.2) is 5.78 Å². The molecule has 0 radical (unpaired) electrons. The molecular formula is C17H17NO4S. The van der Waals surface area contributed by atoms with E-state index in [0.717, 1.165) is 0 Å². The molecule has 0 bridgehead atoms. The minimum atomic E-state index is -3.78. The molecule has 2 aromatic carbocycles. The maximum atomic E-state index is 13.0. The number of ketones is 1. The smallest absolute Gasteiger partial charge is 0.264 e. The van der Waals surface area contributed by atoms with Gasteiger partial charge >= 0.3 is 0 Å². The van der Waals surface area contributed by atoms with E-state index in [9.17, 15) is 18.3 Å². The van der Waals surface area contributed by atoms with Gasteiger partial charge in [-0.25, -0.2) is 8.42 Å². The number of aliphatic hydroxyl groups is 1. The number of hydrogen-bond donors (Lipinski definition) is 1. The molecule has 0 aliphatic carbocycles. The van der Waals surface area contributed by atoms with E-state index in [-0.39, 0.29) is 17.2 Å². The van der Waals surface area contributed by atoms with Crippen molar-refractivity contribution in [2.24, 2.45) is 0 Å². The van der Waals surface area contributed by atoms with Gasteiger partial charge in [-0.15, -0.1) is 0 Å². The molecule has 0 amide bonds. The van der Waals surface area contributed by atoms with Gasteiger partial charge in [0.25, 0.3) is 10.0 Å². The molecule has 0 aromatic heterocycles. The van der Waals surface area contributed by atoms with E-state index in [1.807, 2.05) is 0 Å². The standard InChI is InChI=1S/C17H17NO4S/c1-12(19)13-5-4-6-14(11-13)23(21,22)18-10-9-17(20)15-7-2-3-8-16(15)18/h2-8,11,17,20H,9-10H2,1H3. The van der Waals surface area contributed by atoms with Crippen LogP contribution in [0.25, 0.3) is 0 Å². The summed E-state index contributed by atoms with van der Waals surface area (Å²) in [5.41, 5.74) is 1.45. The Morgan fingerprint density at radius 2 is 1.91 bits per heavy atom. The molecule has 1 aliphatic rings. The van der Waals surface area contributed by atoms with Crippen LogP contribution in [0.4, 0.5) is 5.69 Å². The SMILES string of the molecule is CC(=O)c1cccc(S(=O)(=O)N2CCC(O)c3ccccc32)c1. The number of Topliss-reactive ketones (excluding diaryl/α,β-unsaturated/α-hetero) is 1. The second-order valence-electron chi connectivity index (χ2n) is 5.52. The van der Waals surface area contributed by atoms with E-state index < -0.39 is 16.1 Å². The quantitative estimate of drug-likeness (QED) is 0.877. The van der Waals surface area contributed by atoms with Crippen molar-refractivity contribution in [2.45, 2.75) is 24.3 Å². The summed E-state index contributed by atoms with van der Waals surface area (Å²) in [6, 6.07) is 13.0. The molecule has 1 N–H and O–H groups in total. The fourth-order valence-corrected chi connectivity index (χ4v) is 4.32. The zero-order chi connectivity index (χ0) is 16.6. The third kappa shape index (κ3) is 2.75. The molecule has 2 aromatic rings. The van der Waals surface area contributed by atoms with Crippen LogP contribution >= 0.6 is 0 Å². The number of carbonyl (C=O) groups is 1. The molecule has 1 atom stereocenters. The van der Waals surface area contributed by atoms with Gasteiger partial charge < -0.3 is 5.11 Å². The fraction of sp³-hybridized carbons (Fsp3) is 0.235. The van der Waals surface area contributed by atoms with Crippen LogP contribution < -0.4 is 4.31 Å². The number of para-hydroxylation sites is 1. The van der Waals surface area contributed by atoms with Crippen molar-refractivity contribution in [2.75, 3.05) is 10.8 Å². The zero-order valence-electron chi connectivity index (χ0n) is 12.6. The number of rotatable bonds is 3. The van der Waals surface area contributed by atoms with Crippen molar-refractivity contribution >= 4 is 21.5 Å². The lowest BCUT2D eigenvalue weighted by Gasteiger charge is -2.33. The van der Waals surface area contributed by atoms with Crippen molar-refractivity contribution in [3.05, 3.63) is 59.7 Å². The summed E-state index contributed by atoms with van der Waals surface area (Å²) in [6.07, 6.45) is -0.330. The van der Waals surface area contributed by atoms with Gasteiger partial charge in [-0.3, -0.25) is 9.10 Å². The van der Waals surface area contributed by atoms with Crippen molar-refractivity contribution in [1.29, 1.82) is 0 Å². The van der Waals surface area contributed by atoms with Gasteiger partial charge in [-0.05, 0) is 31.5 Å². The number of aliphatic hydroxyl groups excluding tert-OH is 1. The first-order chi connectivity index (χ1) is 10.9. The van der Waals surface area contributed by atoms with E-state index in [1.54, 1.807) is 36.4 Å². The molecular weight excluding hydrogens is 314 g/mol. The van der Waals surface area contributed by atoms with Crippen molar-refractivity contribution in [3.63, 3.8) is 0 Å². The maximum Gasteiger partial charge on any atom is 0.264 e. The Hall–Kier alpha value is -2.18. The average Bonchev–Trinajstić information content (AvgIpc) is 2.55. The van der Waals surface area contributed by atoms with E-state index >= 15 is 0 Å². The summed E-state index contributed by atoms with van der Waals surface area (Å²) in [4.78, 5) is 11.6. The number of fused-ring (bicyclic) bond motifs is 1. The molecule has 1 heterocycles. The van der Waals surface area contributed by atoms with Crippen LogP contribution in [0.2, 0.25) is 0 Å². The van der Waals surface area contributed by atoms with Gasteiger partial charge in [0.05, 0.1) is 16.7 Å². The highest BCUT2D eigenvalue weighted by Crippen LogP contribution is 2.36. The number of sulfonamides is 1. The summed E-state index contributed by atoms with van der Waals surface area (Å²) in [5, 5.41) is 10.1. The molecule has 6 heteroatoms. The minimum absolute atomic E-state index is 0.0800. The molecule has 1 unspecified atom stereocenters. The summed E-state index contributed by atoms with van der Waals surface area (Å²) in [5.74, 6) is -0.184. The molecule has 0 saturated carbocycles. The van der Waals surface area contributed by atoms with Crippen LogP contribution in [0.3, 0.4) is 0 Å². The van der Waals surface area contributed by atoms with Crippen LogP contribution in [0.5, 0.6) is 0 Å². The number of nitrogens with zero attached hydrogens (tertiary/aromatic N) is 1. The lowest BCUT2D eigenvalue weighted by molar-refractivity contribution is 0.101. The predicted octanol–water partition coefficient (Wildman–Crippen LogP) is 2.52. The van der Waals surface area contributed by atoms with E-state index in [2.05, 4.69) is 0 Å². The lowest BCUT2D eigenvalue weighted by atomic mass is 10.0. The molecule has 0 saturated heterocycles. The van der Waals surface area contributed by atoms with E-state index in [1.165, 1.54) is 23.4 Å². The van der Waals surface area contributed by atoms with Crippen LogP contribution in [0.1, 0.15) is 35.4 Å². The average molecular weight is 331 g/mol. The first-order valence-electron chi connectivity index (χ1n) is 7.32. The predicted molar refractivity (Wildman–Crippen MR) is 87.0 cm³/mol. The zero-order valence-corrected chi connectivity index (χ0v) is 13.5. The molecule has 3 rings (SSSR count). The van der Waals surface area contributed by atoms with Crippen LogP contribution in [-0.4, -0.2) is 25.9 Å². The van der Waals surface area contributed by atoms with Crippen molar-refractivity contribution in [3.8, 4) is 0 Å². The largest absolute Gasteiger partial charge is 0.388 e. The number of carbonyl (C=O) groups excluding carboxylic acids is 1. The fourth-order valence-electron chi connectivity index (χ4n) is 2.76. The molecule has 1 aliphatic heterocycles. The monoisotopic (exact) mass is 331 g/mol. The maximum absolute atomic E-state index is 13.0. The summed E-state index contributed by atoms with van der Waals surface area (Å²) in [6.45, 7) is 1.60. The second kappa shape index (κ2) is 5.79. The Morgan fingerprint density at radius 1 is 1.17 bits per heavy atom. The Labute approximate surface area is 135 Å². The van der Waals surface area contributed by atoms with E-state index in [0.29, 0.717) is 23.2 Å². The molecule has 0 spiro atoms. The summed E-state index contributed by atoms with van der Waals surface area (Å²) < 4.78 is 27.2. The summed E-state index contributed by atoms with van der Waals surface area (Å²) in [7, 11) is -3.78. The molecule has 23 heavy (non-hydrogen) atoms. The minimum Gasteiger partial charge on any atom is -0.388 e. The van der Waals surface area contributed by atoms with Gasteiger partial charge in [0.1, 0.15) is 0 Å². The normalized spacial score (nSPS) is 17.7. The van der Waals surface area contributed by atoms with Gasteiger partial charge in [0.2, 0.25) is 0 Å². The highest BCUT2D eigenvalue weighted by atomic mass is 32.2. The Balaban J connectivity index is 2.09. The molecule has 120 valence electrons. The van der Waals surface area contributed by atoms with Crippen LogP contribution in [0, 0.1) is 0 Å². The van der Waals surface area contributed by atoms with Crippen molar-refractivity contribution < 1.29 is 18.3 Å². The number of anilines is 1. The van der Waals surface area contributed by atoms with E-state index in [4.69, 9.17) is 0 Å². The van der Waals surface area contributed by atoms with Gasteiger partial charge in [-0.2, -0.15) is 0 Å². The number of hydrogen-bond acceptors (Lipinski definition) is 4. The Morgan fingerprint density at radius 3 is 2.65 bits per heavy atom. The van der Waals surface area contributed by atoms with Crippen LogP contribution in [-0.2, 0) is 10.0 Å². The second-order valence-corrected chi connectivity index (χ2v) is 7.39. The van der Waals surface area contributed by atoms with Gasteiger partial charge in [0, 0.05) is 17.7 Å². The van der Waals surface area contributed by atoms with Crippen molar-refractivity contribution in [1.82, 2.24) is 0 Å². The Kier molecular flexibility index (Phi) is 3.95. The number of benzene rings is 2. The topological polar surface area (TPSA) is 74.7 Å². The van der Waals surface area contributed by atoms with Crippen LogP contribution in [0.15, 0.2) is 53.4 Å². The lowest BCUT2D eigenvalue weighted by Crippen LogP contribution is -2.36. The third-order valence-corrected chi connectivity index (χ3v) is 5.81. The molecule has 5 nitrogen and oxygen atoms in total. The highest BCUT2D eigenvalue weighted by Gasteiger charge is 2.32. The molecule has 0 fully saturated rings. The first-order valence-corrected chi connectivity index (χ1v) is 8.76. The Bertz CT molecular complexity index is 860. The summed E-state index contributed by atoms with van der Waals surface area (Å²) >= 11 is 0. The third-order valence-electron chi connectivity index (χ3n) is 4.00. The first kappa shape index (κ1) is 15.7. The van der Waals surface area contributed by atoms with Gasteiger partial charge in [-0.1, -0.05) is 30.3 Å². The highest BCUT2D eigenvalue weighted by molar-refractivity contribution is 7.92.